The molecule has 0 aliphatic carbocycles. The molecule has 1 aromatic rings. The quantitative estimate of drug-likeness (QED) is 0.808. The van der Waals surface area contributed by atoms with Gasteiger partial charge in [0.05, 0.1) is 7.11 Å². The second-order valence-electron chi connectivity index (χ2n) is 3.69. The summed E-state index contributed by atoms with van der Waals surface area (Å²) in [6, 6.07) is 0.663. The minimum atomic E-state index is 0.160. The zero-order chi connectivity index (χ0) is 11.5. The predicted molar refractivity (Wildman–Crippen MR) is 61.1 cm³/mol. The molecule has 0 spiro atoms. The Balaban J connectivity index is 2.21. The molecule has 1 N–H and O–H groups in total. The molecular weight excluding hydrogens is 230 g/mol. The molecule has 0 radical (unpaired) electrons. The van der Waals surface area contributed by atoms with E-state index in [-0.39, 0.29) is 11.3 Å². The van der Waals surface area contributed by atoms with Gasteiger partial charge in [0.15, 0.2) is 0 Å². The van der Waals surface area contributed by atoms with Crippen LogP contribution in [0.3, 0.4) is 0 Å². The summed E-state index contributed by atoms with van der Waals surface area (Å²) in [4.78, 5) is 14.2. The van der Waals surface area contributed by atoms with Gasteiger partial charge in [-0.25, -0.2) is 0 Å². The topological polar surface area (TPSA) is 63.2 Å². The van der Waals surface area contributed by atoms with E-state index >= 15 is 0 Å². The van der Waals surface area contributed by atoms with E-state index < -0.39 is 0 Å². The van der Waals surface area contributed by atoms with Gasteiger partial charge < -0.3 is 15.0 Å². The molecule has 1 aliphatic heterocycles. The van der Waals surface area contributed by atoms with Crippen molar-refractivity contribution in [3.8, 4) is 6.01 Å². The number of hydrogen-bond donors (Lipinski definition) is 1. The standard InChI is InChI=1S/C9H14ClN5O/c1-6-5-15(4-3-11-6)8-12-7(10)13-9(14-8)16-2/h6,11H,3-5H2,1-2H3/t6-/m0/s1. The van der Waals surface area contributed by atoms with Crippen molar-refractivity contribution >= 4 is 17.5 Å². The lowest BCUT2D eigenvalue weighted by molar-refractivity contribution is 0.376. The Morgan fingerprint density at radius 3 is 2.94 bits per heavy atom. The maximum atomic E-state index is 5.80. The third-order valence-corrected chi connectivity index (χ3v) is 2.58. The molecule has 16 heavy (non-hydrogen) atoms. The number of hydrogen-bond acceptors (Lipinski definition) is 6. The lowest BCUT2D eigenvalue weighted by atomic mass is 10.2. The molecule has 0 amide bonds. The SMILES string of the molecule is COc1nc(Cl)nc(N2CCN[C@@H](C)C2)n1. The average Bonchev–Trinajstić information content (AvgIpc) is 2.28. The van der Waals surface area contributed by atoms with Crippen molar-refractivity contribution in [1.29, 1.82) is 0 Å². The first kappa shape index (κ1) is 11.3. The summed E-state index contributed by atoms with van der Waals surface area (Å²) < 4.78 is 4.96. The first-order valence-electron chi connectivity index (χ1n) is 5.13. The molecular formula is C9H14ClN5O. The van der Waals surface area contributed by atoms with E-state index in [0.717, 1.165) is 19.6 Å². The van der Waals surface area contributed by atoms with Gasteiger partial charge in [-0.2, -0.15) is 15.0 Å². The molecule has 1 saturated heterocycles. The second-order valence-corrected chi connectivity index (χ2v) is 4.03. The van der Waals surface area contributed by atoms with Gasteiger partial charge >= 0.3 is 6.01 Å². The molecule has 2 rings (SSSR count). The zero-order valence-electron chi connectivity index (χ0n) is 9.27. The van der Waals surface area contributed by atoms with Gasteiger partial charge in [-0.15, -0.1) is 0 Å². The Bertz CT molecular complexity index is 375. The number of anilines is 1. The van der Waals surface area contributed by atoms with Crippen molar-refractivity contribution in [2.24, 2.45) is 0 Å². The second kappa shape index (κ2) is 4.80. The highest BCUT2D eigenvalue weighted by atomic mass is 35.5. The fourth-order valence-electron chi connectivity index (χ4n) is 1.67. The number of nitrogens with one attached hydrogen (secondary N) is 1. The minimum absolute atomic E-state index is 0.160. The van der Waals surface area contributed by atoms with Crippen molar-refractivity contribution < 1.29 is 4.74 Å². The molecule has 0 aromatic carbocycles. The van der Waals surface area contributed by atoms with Crippen LogP contribution in [0.4, 0.5) is 5.95 Å². The van der Waals surface area contributed by atoms with Gasteiger partial charge in [-0.05, 0) is 18.5 Å². The lowest BCUT2D eigenvalue weighted by Crippen LogP contribution is -2.49. The van der Waals surface area contributed by atoms with Crippen LogP contribution in [0.1, 0.15) is 6.92 Å². The van der Waals surface area contributed by atoms with Crippen LogP contribution in [0, 0.1) is 0 Å². The molecule has 2 heterocycles. The first-order chi connectivity index (χ1) is 7.69. The van der Waals surface area contributed by atoms with Crippen LogP contribution in [0.15, 0.2) is 0 Å². The van der Waals surface area contributed by atoms with E-state index in [4.69, 9.17) is 16.3 Å². The van der Waals surface area contributed by atoms with E-state index in [2.05, 4.69) is 32.1 Å². The number of aromatic nitrogens is 3. The summed E-state index contributed by atoms with van der Waals surface area (Å²) in [6.45, 7) is 4.73. The van der Waals surface area contributed by atoms with Crippen LogP contribution >= 0.6 is 11.6 Å². The summed E-state index contributed by atoms with van der Waals surface area (Å²) >= 11 is 5.80. The monoisotopic (exact) mass is 243 g/mol. The normalized spacial score (nSPS) is 20.9. The first-order valence-corrected chi connectivity index (χ1v) is 5.50. The molecule has 7 heteroatoms. The highest BCUT2D eigenvalue weighted by Crippen LogP contribution is 2.16. The Morgan fingerprint density at radius 1 is 1.44 bits per heavy atom. The summed E-state index contributed by atoms with van der Waals surface area (Å²) in [5.41, 5.74) is 0. The molecule has 1 fully saturated rings. The van der Waals surface area contributed by atoms with E-state index in [1.807, 2.05) is 0 Å². The molecule has 1 aliphatic rings. The average molecular weight is 244 g/mol. The smallest absolute Gasteiger partial charge is 0.322 e. The van der Waals surface area contributed by atoms with Crippen molar-refractivity contribution in [2.75, 3.05) is 31.6 Å². The number of piperazine rings is 1. The third-order valence-electron chi connectivity index (χ3n) is 2.41. The van der Waals surface area contributed by atoms with Crippen LogP contribution in [0.25, 0.3) is 0 Å². The van der Waals surface area contributed by atoms with Crippen molar-refractivity contribution in [3.63, 3.8) is 0 Å². The number of methoxy groups -OCH3 is 1. The van der Waals surface area contributed by atoms with Gasteiger partial charge in [0, 0.05) is 25.7 Å². The maximum absolute atomic E-state index is 5.80. The Morgan fingerprint density at radius 2 is 2.25 bits per heavy atom. The molecule has 6 nitrogen and oxygen atoms in total. The van der Waals surface area contributed by atoms with Crippen LogP contribution < -0.4 is 15.0 Å². The fourth-order valence-corrected chi connectivity index (χ4v) is 1.82. The summed E-state index contributed by atoms with van der Waals surface area (Å²) in [5.74, 6) is 0.574. The number of rotatable bonds is 2. The highest BCUT2D eigenvalue weighted by molar-refractivity contribution is 6.28. The molecule has 1 atom stereocenters. The number of halogens is 1. The Hall–Kier alpha value is -1.14. The summed E-state index contributed by atoms with van der Waals surface area (Å²) in [7, 11) is 1.51. The van der Waals surface area contributed by atoms with Crippen molar-refractivity contribution in [2.45, 2.75) is 13.0 Å². The van der Waals surface area contributed by atoms with Gasteiger partial charge in [-0.3, -0.25) is 0 Å². The van der Waals surface area contributed by atoms with E-state index in [1.54, 1.807) is 0 Å². The predicted octanol–water partition coefficient (Wildman–Crippen LogP) is 0.332. The fraction of sp³-hybridized carbons (Fsp3) is 0.667. The number of nitrogens with zero attached hydrogens (tertiary/aromatic N) is 4. The summed E-state index contributed by atoms with van der Waals surface area (Å²) in [6.07, 6.45) is 0. The molecule has 0 bridgehead atoms. The molecule has 88 valence electrons. The van der Waals surface area contributed by atoms with Crippen LogP contribution in [-0.4, -0.2) is 47.7 Å². The minimum Gasteiger partial charge on any atom is -0.467 e. The van der Waals surface area contributed by atoms with Crippen LogP contribution in [-0.2, 0) is 0 Å². The molecule has 1 aromatic heterocycles. The number of ether oxygens (including phenoxy) is 1. The van der Waals surface area contributed by atoms with Gasteiger partial charge in [0.25, 0.3) is 0 Å². The summed E-state index contributed by atoms with van der Waals surface area (Å²) in [5, 5.41) is 3.51. The lowest BCUT2D eigenvalue weighted by Gasteiger charge is -2.31. The highest BCUT2D eigenvalue weighted by Gasteiger charge is 2.19. The third kappa shape index (κ3) is 2.51. The van der Waals surface area contributed by atoms with Gasteiger partial charge in [0.2, 0.25) is 11.2 Å². The molecule has 0 saturated carbocycles. The van der Waals surface area contributed by atoms with Crippen LogP contribution in [0.5, 0.6) is 6.01 Å². The largest absolute Gasteiger partial charge is 0.467 e. The van der Waals surface area contributed by atoms with Gasteiger partial charge in [0.1, 0.15) is 0 Å². The van der Waals surface area contributed by atoms with E-state index in [9.17, 15) is 0 Å². The molecule has 0 unspecified atom stereocenters. The van der Waals surface area contributed by atoms with Gasteiger partial charge in [-0.1, -0.05) is 0 Å². The maximum Gasteiger partial charge on any atom is 0.322 e. The Kier molecular flexibility index (Phi) is 3.40. The van der Waals surface area contributed by atoms with E-state index in [1.165, 1.54) is 7.11 Å². The van der Waals surface area contributed by atoms with E-state index in [0.29, 0.717) is 12.0 Å². The van der Waals surface area contributed by atoms with Crippen LogP contribution in [0.2, 0.25) is 5.28 Å². The Labute approximate surface area is 99.0 Å². The van der Waals surface area contributed by atoms with Crippen molar-refractivity contribution in [3.05, 3.63) is 5.28 Å². The van der Waals surface area contributed by atoms with Crippen molar-refractivity contribution in [1.82, 2.24) is 20.3 Å². The zero-order valence-corrected chi connectivity index (χ0v) is 10.0.